The molecule has 0 N–H and O–H groups in total. The van der Waals surface area contributed by atoms with Gasteiger partial charge in [-0.15, -0.1) is 0 Å². The molecule has 3 aromatic carbocycles. The SMILES string of the molecule is CC(C)=C(C)[Si](C(C)=C(C)c1c(C)c(C)c(C)c(C)c1C)(c1cccc(C)c1)c1cccc(C)c1. The van der Waals surface area contributed by atoms with Crippen LogP contribution in [0.4, 0.5) is 0 Å². The summed E-state index contributed by atoms with van der Waals surface area (Å²) < 4.78 is 0. The zero-order chi connectivity index (χ0) is 26.2. The minimum Gasteiger partial charge on any atom is -0.0803 e. The Balaban J connectivity index is 2.60. The predicted molar refractivity (Wildman–Crippen MR) is 160 cm³/mol. The van der Waals surface area contributed by atoms with Crippen molar-refractivity contribution in [2.45, 2.75) is 83.1 Å². The second kappa shape index (κ2) is 10.2. The number of allylic oxidation sites excluding steroid dienone is 4. The molecule has 0 spiro atoms. The number of hydrogen-bond acceptors (Lipinski definition) is 0. The zero-order valence-corrected chi connectivity index (χ0v) is 25.1. The number of rotatable bonds is 5. The zero-order valence-electron chi connectivity index (χ0n) is 24.1. The molecule has 0 aromatic heterocycles. The van der Waals surface area contributed by atoms with Gasteiger partial charge in [-0.25, -0.2) is 0 Å². The lowest BCUT2D eigenvalue weighted by Gasteiger charge is -2.38. The van der Waals surface area contributed by atoms with Gasteiger partial charge in [-0.1, -0.05) is 75.6 Å². The number of aryl methyl sites for hydroxylation is 2. The summed E-state index contributed by atoms with van der Waals surface area (Å²) >= 11 is 0. The van der Waals surface area contributed by atoms with Crippen LogP contribution in [0.5, 0.6) is 0 Å². The van der Waals surface area contributed by atoms with Crippen LogP contribution < -0.4 is 10.4 Å². The number of hydrogen-bond donors (Lipinski definition) is 0. The Bertz CT molecular complexity index is 1270. The fourth-order valence-corrected chi connectivity index (χ4v) is 11.6. The topological polar surface area (TPSA) is 0 Å². The van der Waals surface area contributed by atoms with Crippen LogP contribution in [0.1, 0.15) is 79.1 Å². The smallest absolute Gasteiger partial charge is 0.0803 e. The first-order chi connectivity index (χ1) is 16.3. The molecule has 0 unspecified atom stereocenters. The van der Waals surface area contributed by atoms with E-state index in [1.54, 1.807) is 10.4 Å². The van der Waals surface area contributed by atoms with Gasteiger partial charge < -0.3 is 0 Å². The summed E-state index contributed by atoms with van der Waals surface area (Å²) in [6.07, 6.45) is 0. The minimum atomic E-state index is -2.46. The summed E-state index contributed by atoms with van der Waals surface area (Å²) in [6.45, 7) is 27.7. The van der Waals surface area contributed by atoms with Crippen molar-refractivity contribution in [3.8, 4) is 0 Å². The van der Waals surface area contributed by atoms with Gasteiger partial charge in [0.05, 0.1) is 0 Å². The van der Waals surface area contributed by atoms with Gasteiger partial charge in [0.15, 0.2) is 8.07 Å². The Morgan fingerprint density at radius 3 is 1.29 bits per heavy atom. The highest BCUT2D eigenvalue weighted by Gasteiger charge is 2.43. The lowest BCUT2D eigenvalue weighted by atomic mass is 9.86. The fourth-order valence-electron chi connectivity index (χ4n) is 5.98. The van der Waals surface area contributed by atoms with Crippen molar-refractivity contribution in [2.24, 2.45) is 0 Å². The summed E-state index contributed by atoms with van der Waals surface area (Å²) in [5, 5.41) is 6.05. The Hall–Kier alpha value is -2.64. The van der Waals surface area contributed by atoms with Crippen molar-refractivity contribution in [2.75, 3.05) is 0 Å². The molecule has 0 atom stereocenters. The molecule has 0 amide bonds. The quantitative estimate of drug-likeness (QED) is 0.322. The standard InChI is InChI=1S/C34H44Si/c1-21(2)30(11)35(32-17-13-15-22(3)19-32,33-18-14-16-23(4)20-33)31(12)29(10)34-27(8)25(6)24(5)26(7)28(34)9/h13-20H,1-12H3. The van der Waals surface area contributed by atoms with E-state index in [9.17, 15) is 0 Å². The Labute approximate surface area is 215 Å². The molecule has 3 rings (SSSR count). The van der Waals surface area contributed by atoms with Crippen LogP contribution >= 0.6 is 0 Å². The van der Waals surface area contributed by atoms with Gasteiger partial charge in [0.2, 0.25) is 0 Å². The van der Waals surface area contributed by atoms with E-state index >= 15 is 0 Å². The second-order valence-corrected chi connectivity index (χ2v) is 15.0. The van der Waals surface area contributed by atoms with Crippen molar-refractivity contribution >= 4 is 24.0 Å². The highest BCUT2D eigenvalue weighted by Crippen LogP contribution is 2.37. The van der Waals surface area contributed by atoms with Crippen LogP contribution in [0.25, 0.3) is 5.57 Å². The molecule has 1 heteroatoms. The average Bonchev–Trinajstić information content (AvgIpc) is 2.82. The van der Waals surface area contributed by atoms with E-state index in [4.69, 9.17) is 0 Å². The third-order valence-electron chi connectivity index (χ3n) is 8.71. The highest BCUT2D eigenvalue weighted by molar-refractivity contribution is 7.12. The van der Waals surface area contributed by atoms with Gasteiger partial charge in [0.25, 0.3) is 0 Å². The molecule has 3 aromatic rings. The van der Waals surface area contributed by atoms with E-state index in [1.165, 1.54) is 66.0 Å². The lowest BCUT2D eigenvalue weighted by Crippen LogP contribution is -2.61. The summed E-state index contributed by atoms with van der Waals surface area (Å²) in [5.74, 6) is 0. The van der Waals surface area contributed by atoms with Crippen molar-refractivity contribution in [3.05, 3.63) is 109 Å². The van der Waals surface area contributed by atoms with E-state index in [2.05, 4.69) is 132 Å². The van der Waals surface area contributed by atoms with Gasteiger partial charge in [0, 0.05) is 0 Å². The highest BCUT2D eigenvalue weighted by atomic mass is 28.3. The molecular formula is C34H44Si. The molecule has 0 saturated heterocycles. The normalized spacial score (nSPS) is 12.5. The minimum absolute atomic E-state index is 1.33. The third-order valence-corrected chi connectivity index (χ3v) is 14.2. The summed E-state index contributed by atoms with van der Waals surface area (Å²) in [6, 6.07) is 18.6. The Kier molecular flexibility index (Phi) is 7.82. The molecule has 184 valence electrons. The van der Waals surface area contributed by atoms with Gasteiger partial charge in [-0.2, -0.15) is 0 Å². The first-order valence-electron chi connectivity index (χ1n) is 12.9. The van der Waals surface area contributed by atoms with Gasteiger partial charge in [-0.05, 0) is 132 Å². The van der Waals surface area contributed by atoms with E-state index in [-0.39, 0.29) is 0 Å². The maximum atomic E-state index is 2.45. The van der Waals surface area contributed by atoms with Crippen LogP contribution in [0.3, 0.4) is 0 Å². The van der Waals surface area contributed by atoms with Crippen molar-refractivity contribution in [1.29, 1.82) is 0 Å². The summed E-state index contributed by atoms with van der Waals surface area (Å²) in [4.78, 5) is 0. The van der Waals surface area contributed by atoms with Crippen LogP contribution in [0, 0.1) is 48.5 Å². The van der Waals surface area contributed by atoms with E-state index in [0.29, 0.717) is 0 Å². The van der Waals surface area contributed by atoms with Crippen molar-refractivity contribution < 1.29 is 0 Å². The average molecular weight is 481 g/mol. The first kappa shape index (κ1) is 27.0. The third kappa shape index (κ3) is 4.52. The molecular weight excluding hydrogens is 436 g/mol. The van der Waals surface area contributed by atoms with Crippen LogP contribution in [0.15, 0.2) is 64.5 Å². The molecule has 0 fully saturated rings. The molecule has 0 aliphatic carbocycles. The lowest BCUT2D eigenvalue weighted by molar-refractivity contribution is 1.15. The van der Waals surface area contributed by atoms with Crippen LogP contribution in [-0.4, -0.2) is 8.07 Å². The summed E-state index contributed by atoms with van der Waals surface area (Å²) in [5.41, 5.74) is 14.1. The van der Waals surface area contributed by atoms with Gasteiger partial charge in [-0.3, -0.25) is 0 Å². The van der Waals surface area contributed by atoms with Crippen molar-refractivity contribution in [3.63, 3.8) is 0 Å². The van der Waals surface area contributed by atoms with E-state index in [1.807, 2.05) is 0 Å². The van der Waals surface area contributed by atoms with Gasteiger partial charge >= 0.3 is 0 Å². The molecule has 0 nitrogen and oxygen atoms in total. The largest absolute Gasteiger partial charge is 0.171 e. The molecule has 0 aliphatic rings. The molecule has 0 aliphatic heterocycles. The van der Waals surface area contributed by atoms with E-state index < -0.39 is 8.07 Å². The predicted octanol–water partition coefficient (Wildman–Crippen LogP) is 8.34. The maximum Gasteiger partial charge on any atom is 0.171 e. The summed E-state index contributed by atoms with van der Waals surface area (Å²) in [7, 11) is -2.46. The first-order valence-corrected chi connectivity index (χ1v) is 14.9. The van der Waals surface area contributed by atoms with Crippen LogP contribution in [-0.2, 0) is 0 Å². The molecule has 0 bridgehead atoms. The van der Waals surface area contributed by atoms with Crippen molar-refractivity contribution in [1.82, 2.24) is 0 Å². The molecule has 0 radical (unpaired) electrons. The van der Waals surface area contributed by atoms with E-state index in [0.717, 1.165) is 0 Å². The second-order valence-electron chi connectivity index (χ2n) is 10.9. The molecule has 0 saturated carbocycles. The van der Waals surface area contributed by atoms with Gasteiger partial charge in [0.1, 0.15) is 0 Å². The van der Waals surface area contributed by atoms with Crippen LogP contribution in [0.2, 0.25) is 0 Å². The maximum absolute atomic E-state index is 2.46. The molecule has 35 heavy (non-hydrogen) atoms. The number of benzene rings is 3. The monoisotopic (exact) mass is 480 g/mol. The fraction of sp³-hybridized carbons (Fsp3) is 0.353. The Morgan fingerprint density at radius 1 is 0.514 bits per heavy atom. The Morgan fingerprint density at radius 2 is 0.914 bits per heavy atom. The molecule has 0 heterocycles.